The first-order valence-corrected chi connectivity index (χ1v) is 8.68. The lowest BCUT2D eigenvalue weighted by Gasteiger charge is -2.31. The van der Waals surface area contributed by atoms with Crippen LogP contribution in [0.15, 0.2) is 24.3 Å². The van der Waals surface area contributed by atoms with Crippen molar-refractivity contribution in [1.29, 1.82) is 0 Å². The molecule has 2 rings (SSSR count). The molecule has 8 heteroatoms. The van der Waals surface area contributed by atoms with Crippen LogP contribution in [0.2, 0.25) is 5.02 Å². The Morgan fingerprint density at radius 2 is 1.92 bits per heavy atom. The van der Waals surface area contributed by atoms with Crippen LogP contribution in [-0.2, 0) is 11.4 Å². The van der Waals surface area contributed by atoms with Gasteiger partial charge in [0.05, 0.1) is 5.69 Å². The van der Waals surface area contributed by atoms with Crippen LogP contribution in [0.25, 0.3) is 0 Å². The molecule has 0 fully saturated rings. The molecule has 2 aromatic rings. The van der Waals surface area contributed by atoms with E-state index in [-0.39, 0.29) is 12.5 Å². The molecule has 1 heterocycles. The van der Waals surface area contributed by atoms with Gasteiger partial charge >= 0.3 is 5.97 Å². The average Bonchev–Trinajstić information content (AvgIpc) is 2.93. The first-order valence-electron chi connectivity index (χ1n) is 7.49. The number of ether oxygens (including phenoxy) is 1. The first-order chi connectivity index (χ1) is 11.6. The molecule has 1 amide bonds. The molecular formula is C17H19ClN2O4S. The minimum absolute atomic E-state index is 0.215. The second-order valence-electron chi connectivity index (χ2n) is 5.99. The molecule has 0 saturated heterocycles. The second-order valence-corrected chi connectivity index (χ2v) is 7.51. The van der Waals surface area contributed by atoms with Crippen LogP contribution in [0.4, 0.5) is 0 Å². The van der Waals surface area contributed by atoms with Crippen molar-refractivity contribution in [3.8, 4) is 5.75 Å². The molecule has 0 aliphatic heterocycles. The van der Waals surface area contributed by atoms with Crippen LogP contribution in [0, 0.1) is 6.92 Å². The highest BCUT2D eigenvalue weighted by Gasteiger charge is 2.36. The van der Waals surface area contributed by atoms with E-state index < -0.39 is 11.5 Å². The van der Waals surface area contributed by atoms with Crippen molar-refractivity contribution in [2.24, 2.45) is 0 Å². The number of carboxylic acids is 1. The molecule has 1 aromatic heterocycles. The number of hydrogen-bond donors (Lipinski definition) is 1. The number of likely N-dealkylation sites (N-methyl/N-ethyl adjacent to an activating group) is 1. The lowest BCUT2D eigenvalue weighted by atomic mass is 10.0. The fraction of sp³-hybridized carbons (Fsp3) is 0.353. The van der Waals surface area contributed by atoms with Crippen molar-refractivity contribution in [3.05, 3.63) is 44.9 Å². The molecule has 0 atom stereocenters. The number of rotatable bonds is 6. The zero-order chi connectivity index (χ0) is 18.8. The summed E-state index contributed by atoms with van der Waals surface area (Å²) in [5.74, 6) is -0.800. The predicted molar refractivity (Wildman–Crippen MR) is 96.4 cm³/mol. The Kier molecular flexibility index (Phi) is 5.69. The number of halogens is 1. The van der Waals surface area contributed by atoms with Crippen LogP contribution < -0.4 is 4.74 Å². The highest BCUT2D eigenvalue weighted by molar-refractivity contribution is 7.13. The Morgan fingerprint density at radius 3 is 2.48 bits per heavy atom. The molecule has 6 nitrogen and oxygen atoms in total. The average molecular weight is 383 g/mol. The molecule has 0 saturated carbocycles. The zero-order valence-corrected chi connectivity index (χ0v) is 15.9. The summed E-state index contributed by atoms with van der Waals surface area (Å²) in [4.78, 5) is 29.9. The van der Waals surface area contributed by atoms with Crippen molar-refractivity contribution >= 4 is 34.8 Å². The van der Waals surface area contributed by atoms with Gasteiger partial charge in [0.1, 0.15) is 27.8 Å². The minimum Gasteiger partial charge on any atom is -0.486 e. The molecule has 0 aliphatic carbocycles. The largest absolute Gasteiger partial charge is 0.486 e. The number of hydrogen-bond acceptors (Lipinski definition) is 5. The molecule has 0 bridgehead atoms. The lowest BCUT2D eigenvalue weighted by molar-refractivity contribution is -0.147. The Hall–Kier alpha value is -2.12. The summed E-state index contributed by atoms with van der Waals surface area (Å²) in [5.41, 5.74) is -0.759. The van der Waals surface area contributed by atoms with Crippen LogP contribution in [0.5, 0.6) is 5.75 Å². The van der Waals surface area contributed by atoms with Gasteiger partial charge in [0.15, 0.2) is 0 Å². The summed E-state index contributed by atoms with van der Waals surface area (Å²) in [6.45, 7) is 4.89. The Labute approximate surface area is 155 Å². The molecular weight excluding hydrogens is 364 g/mol. The highest BCUT2D eigenvalue weighted by Crippen LogP contribution is 2.25. The number of nitrogens with zero attached hydrogens (tertiary/aromatic N) is 2. The van der Waals surface area contributed by atoms with E-state index in [2.05, 4.69) is 4.98 Å². The summed E-state index contributed by atoms with van der Waals surface area (Å²) in [6, 6.07) is 6.94. The Bertz CT molecular complexity index is 786. The van der Waals surface area contributed by atoms with Gasteiger partial charge in [-0.25, -0.2) is 9.78 Å². The fourth-order valence-corrected chi connectivity index (χ4v) is 3.02. The summed E-state index contributed by atoms with van der Waals surface area (Å²) in [7, 11) is 1.47. The molecule has 1 aromatic carbocycles. The van der Waals surface area contributed by atoms with E-state index in [4.69, 9.17) is 16.3 Å². The predicted octanol–water partition coefficient (Wildman–Crippen LogP) is 3.62. The number of amides is 1. The van der Waals surface area contributed by atoms with Gasteiger partial charge < -0.3 is 14.7 Å². The maximum absolute atomic E-state index is 12.6. The summed E-state index contributed by atoms with van der Waals surface area (Å²) in [5, 5.41) is 10.5. The number of carbonyl (C=O) groups is 2. The molecule has 134 valence electrons. The number of thiazole rings is 1. The number of benzene rings is 1. The smallest absolute Gasteiger partial charge is 0.329 e. The maximum Gasteiger partial charge on any atom is 0.329 e. The third-order valence-electron chi connectivity index (χ3n) is 3.88. The Balaban J connectivity index is 2.12. The zero-order valence-electron chi connectivity index (χ0n) is 14.4. The third kappa shape index (κ3) is 4.29. The van der Waals surface area contributed by atoms with Crippen LogP contribution in [0.3, 0.4) is 0 Å². The quantitative estimate of drug-likeness (QED) is 0.825. The number of aromatic nitrogens is 1. The monoisotopic (exact) mass is 382 g/mol. The van der Waals surface area contributed by atoms with Gasteiger partial charge in [-0.05, 0) is 45.0 Å². The standard InChI is InChI=1S/C17H19ClN2O4S/c1-10-14(15(21)20(4)17(2,3)16(22)23)25-13(19-10)9-24-12-7-5-11(18)6-8-12/h5-8H,9H2,1-4H3,(H,22,23). The van der Waals surface area contributed by atoms with Gasteiger partial charge in [0.2, 0.25) is 0 Å². The molecule has 0 spiro atoms. The van der Waals surface area contributed by atoms with Gasteiger partial charge in [0.25, 0.3) is 5.91 Å². The number of carboxylic acid groups (broad SMARTS) is 1. The van der Waals surface area contributed by atoms with Crippen LogP contribution in [0.1, 0.15) is 34.2 Å². The first kappa shape index (κ1) is 19.2. The van der Waals surface area contributed by atoms with Crippen molar-refractivity contribution in [3.63, 3.8) is 0 Å². The Morgan fingerprint density at radius 1 is 1.32 bits per heavy atom. The van der Waals surface area contributed by atoms with Crippen molar-refractivity contribution in [1.82, 2.24) is 9.88 Å². The van der Waals surface area contributed by atoms with Crippen LogP contribution >= 0.6 is 22.9 Å². The molecule has 0 aliphatic rings. The fourth-order valence-electron chi connectivity index (χ4n) is 1.94. The van der Waals surface area contributed by atoms with Crippen molar-refractivity contribution in [2.75, 3.05) is 7.05 Å². The third-order valence-corrected chi connectivity index (χ3v) is 5.25. The molecule has 1 N–H and O–H groups in total. The van der Waals surface area contributed by atoms with E-state index in [1.54, 1.807) is 31.2 Å². The molecule has 0 unspecified atom stereocenters. The topological polar surface area (TPSA) is 79.7 Å². The summed E-state index contributed by atoms with van der Waals surface area (Å²) in [6.07, 6.45) is 0. The van der Waals surface area contributed by atoms with Gasteiger partial charge in [-0.1, -0.05) is 11.6 Å². The van der Waals surface area contributed by atoms with E-state index in [1.165, 1.54) is 37.1 Å². The van der Waals surface area contributed by atoms with Crippen molar-refractivity contribution < 1.29 is 19.4 Å². The van der Waals surface area contributed by atoms with Gasteiger partial charge in [-0.2, -0.15) is 0 Å². The maximum atomic E-state index is 12.6. The number of aryl methyl sites for hydroxylation is 1. The summed E-state index contributed by atoms with van der Waals surface area (Å²) < 4.78 is 5.63. The second kappa shape index (κ2) is 7.41. The van der Waals surface area contributed by atoms with E-state index in [0.29, 0.717) is 26.4 Å². The lowest BCUT2D eigenvalue weighted by Crippen LogP contribution is -2.50. The normalized spacial score (nSPS) is 11.2. The van der Waals surface area contributed by atoms with Gasteiger partial charge in [-0.15, -0.1) is 11.3 Å². The number of aliphatic carboxylic acids is 1. The molecule has 25 heavy (non-hydrogen) atoms. The van der Waals surface area contributed by atoms with Gasteiger partial charge in [-0.3, -0.25) is 4.79 Å². The summed E-state index contributed by atoms with van der Waals surface area (Å²) >= 11 is 7.03. The SMILES string of the molecule is Cc1nc(COc2ccc(Cl)cc2)sc1C(=O)N(C)C(C)(C)C(=O)O. The minimum atomic E-state index is -1.31. The van der Waals surface area contributed by atoms with E-state index in [1.807, 2.05) is 0 Å². The van der Waals surface area contributed by atoms with Gasteiger partial charge in [0, 0.05) is 12.1 Å². The number of carbonyl (C=O) groups excluding carboxylic acids is 1. The van der Waals surface area contributed by atoms with E-state index in [9.17, 15) is 14.7 Å². The van der Waals surface area contributed by atoms with Crippen LogP contribution in [-0.4, -0.2) is 39.5 Å². The highest BCUT2D eigenvalue weighted by atomic mass is 35.5. The molecule has 0 radical (unpaired) electrons. The van der Waals surface area contributed by atoms with Crippen molar-refractivity contribution in [2.45, 2.75) is 32.9 Å². The van der Waals surface area contributed by atoms with E-state index >= 15 is 0 Å². The van der Waals surface area contributed by atoms with E-state index in [0.717, 1.165) is 0 Å².